The number of hydrogen-bond acceptors (Lipinski definition) is 4. The Balaban J connectivity index is 1.86. The molecule has 8 heteroatoms. The lowest BCUT2D eigenvalue weighted by Crippen LogP contribution is -2.48. The Morgan fingerprint density at radius 1 is 1.07 bits per heavy atom. The summed E-state index contributed by atoms with van der Waals surface area (Å²) in [5.41, 5.74) is 5.55. The molecule has 0 spiro atoms. The van der Waals surface area contributed by atoms with Gasteiger partial charge < -0.3 is 4.74 Å². The van der Waals surface area contributed by atoms with Crippen LogP contribution in [0.2, 0.25) is 5.02 Å². The highest BCUT2D eigenvalue weighted by atomic mass is 35.5. The van der Waals surface area contributed by atoms with E-state index in [4.69, 9.17) is 28.6 Å². The van der Waals surface area contributed by atoms with Crippen LogP contribution in [0.4, 0.5) is 0 Å². The first-order valence-electron chi connectivity index (χ1n) is 8.76. The van der Waals surface area contributed by atoms with Crippen molar-refractivity contribution in [2.24, 2.45) is 5.92 Å². The van der Waals surface area contributed by atoms with E-state index in [1.807, 2.05) is 0 Å². The van der Waals surface area contributed by atoms with Gasteiger partial charge in [-0.25, -0.2) is 0 Å². The third kappa shape index (κ3) is 6.83. The molecule has 2 aromatic rings. The van der Waals surface area contributed by atoms with Crippen LogP contribution in [0, 0.1) is 5.92 Å². The molecule has 6 nitrogen and oxygen atoms in total. The number of halogens is 1. The van der Waals surface area contributed by atoms with E-state index in [-0.39, 0.29) is 10.7 Å². The SMILES string of the molecule is CC(C)CCOc1cccc(C(=O)NC(=S)NNC(=O)c2ccccc2Cl)c1. The van der Waals surface area contributed by atoms with Gasteiger partial charge in [0.1, 0.15) is 5.75 Å². The molecule has 0 atom stereocenters. The van der Waals surface area contributed by atoms with Crippen molar-refractivity contribution in [3.05, 3.63) is 64.7 Å². The number of carbonyl (C=O) groups excluding carboxylic acids is 2. The molecule has 0 saturated heterocycles. The van der Waals surface area contributed by atoms with Crippen molar-refractivity contribution in [3.8, 4) is 5.75 Å². The lowest BCUT2D eigenvalue weighted by Gasteiger charge is -2.12. The van der Waals surface area contributed by atoms with E-state index in [0.29, 0.717) is 28.9 Å². The summed E-state index contributed by atoms with van der Waals surface area (Å²) in [5.74, 6) is 0.261. The molecule has 0 aromatic heterocycles. The summed E-state index contributed by atoms with van der Waals surface area (Å²) in [6, 6.07) is 13.4. The van der Waals surface area contributed by atoms with Gasteiger partial charge in [0.15, 0.2) is 5.11 Å². The quantitative estimate of drug-likeness (QED) is 0.491. The predicted octanol–water partition coefficient (Wildman–Crippen LogP) is 3.71. The average Bonchev–Trinajstić information content (AvgIpc) is 2.66. The highest BCUT2D eigenvalue weighted by Gasteiger charge is 2.12. The van der Waals surface area contributed by atoms with Crippen molar-refractivity contribution in [1.82, 2.24) is 16.2 Å². The van der Waals surface area contributed by atoms with Gasteiger partial charge in [-0.3, -0.25) is 25.8 Å². The Kier molecular flexibility index (Phi) is 8.22. The first kappa shape index (κ1) is 21.7. The Labute approximate surface area is 174 Å². The predicted molar refractivity (Wildman–Crippen MR) is 114 cm³/mol. The van der Waals surface area contributed by atoms with Gasteiger partial charge in [0.05, 0.1) is 17.2 Å². The van der Waals surface area contributed by atoms with Gasteiger partial charge in [0.25, 0.3) is 11.8 Å². The molecule has 0 unspecified atom stereocenters. The van der Waals surface area contributed by atoms with Crippen LogP contribution in [-0.4, -0.2) is 23.5 Å². The topological polar surface area (TPSA) is 79.5 Å². The molecule has 0 aliphatic rings. The molecule has 2 rings (SSSR count). The maximum absolute atomic E-state index is 12.3. The van der Waals surface area contributed by atoms with Crippen LogP contribution in [0.15, 0.2) is 48.5 Å². The second-order valence-electron chi connectivity index (χ2n) is 6.40. The Hall–Kier alpha value is -2.64. The van der Waals surface area contributed by atoms with Crippen LogP contribution in [0.3, 0.4) is 0 Å². The number of benzene rings is 2. The summed E-state index contributed by atoms with van der Waals surface area (Å²) < 4.78 is 5.65. The van der Waals surface area contributed by atoms with Gasteiger partial charge in [-0.2, -0.15) is 0 Å². The minimum atomic E-state index is -0.470. The lowest BCUT2D eigenvalue weighted by molar-refractivity contribution is 0.0934. The van der Waals surface area contributed by atoms with Crippen molar-refractivity contribution >= 4 is 40.7 Å². The van der Waals surface area contributed by atoms with Gasteiger partial charge in [-0.1, -0.05) is 43.6 Å². The monoisotopic (exact) mass is 419 g/mol. The van der Waals surface area contributed by atoms with Crippen LogP contribution < -0.4 is 20.9 Å². The number of hydrogen-bond donors (Lipinski definition) is 3. The molecule has 0 radical (unpaired) electrons. The summed E-state index contributed by atoms with van der Waals surface area (Å²) in [4.78, 5) is 24.4. The molecule has 148 valence electrons. The number of carbonyl (C=O) groups is 2. The number of rotatable bonds is 6. The highest BCUT2D eigenvalue weighted by Crippen LogP contribution is 2.15. The van der Waals surface area contributed by atoms with E-state index >= 15 is 0 Å². The van der Waals surface area contributed by atoms with Crippen molar-refractivity contribution in [2.75, 3.05) is 6.61 Å². The summed E-state index contributed by atoms with van der Waals surface area (Å²) in [7, 11) is 0. The summed E-state index contributed by atoms with van der Waals surface area (Å²) in [6.07, 6.45) is 0.926. The number of amides is 2. The molecule has 0 aliphatic heterocycles. The Bertz CT molecular complexity index is 858. The zero-order valence-corrected chi connectivity index (χ0v) is 17.2. The standard InChI is InChI=1S/C20H22ClN3O3S/c1-13(2)10-11-27-15-7-5-6-14(12-15)18(25)22-20(28)24-23-19(26)16-8-3-4-9-17(16)21/h3-9,12-13H,10-11H2,1-2H3,(H,23,26)(H2,22,24,25,28). The Morgan fingerprint density at radius 2 is 1.82 bits per heavy atom. The molecule has 28 heavy (non-hydrogen) atoms. The molecule has 2 amide bonds. The lowest BCUT2D eigenvalue weighted by atomic mass is 10.1. The Morgan fingerprint density at radius 3 is 2.54 bits per heavy atom. The number of nitrogens with one attached hydrogen (secondary N) is 3. The van der Waals surface area contributed by atoms with Crippen LogP contribution in [0.1, 0.15) is 41.0 Å². The average molecular weight is 420 g/mol. The smallest absolute Gasteiger partial charge is 0.271 e. The largest absolute Gasteiger partial charge is 0.494 e. The first-order valence-corrected chi connectivity index (χ1v) is 9.54. The molecule has 0 bridgehead atoms. The van der Waals surface area contributed by atoms with Crippen molar-refractivity contribution in [3.63, 3.8) is 0 Å². The van der Waals surface area contributed by atoms with E-state index in [1.165, 1.54) is 0 Å². The summed E-state index contributed by atoms with van der Waals surface area (Å²) in [5, 5.41) is 2.76. The summed E-state index contributed by atoms with van der Waals surface area (Å²) >= 11 is 11.0. The molecule has 2 aromatic carbocycles. The maximum atomic E-state index is 12.3. The third-order valence-electron chi connectivity index (χ3n) is 3.70. The molecule has 0 aliphatic carbocycles. The third-order valence-corrected chi connectivity index (χ3v) is 4.23. The molecular weight excluding hydrogens is 398 g/mol. The van der Waals surface area contributed by atoms with Gasteiger partial charge in [0.2, 0.25) is 0 Å². The van der Waals surface area contributed by atoms with E-state index < -0.39 is 11.8 Å². The van der Waals surface area contributed by atoms with Crippen LogP contribution >= 0.6 is 23.8 Å². The first-order chi connectivity index (χ1) is 13.4. The molecule has 0 saturated carbocycles. The number of hydrazine groups is 1. The summed E-state index contributed by atoms with van der Waals surface area (Å²) in [6.45, 7) is 4.81. The number of thiocarbonyl (C=S) groups is 1. The van der Waals surface area contributed by atoms with Gasteiger partial charge in [-0.15, -0.1) is 0 Å². The second kappa shape index (κ2) is 10.6. The fraction of sp³-hybridized carbons (Fsp3) is 0.250. The van der Waals surface area contributed by atoms with Gasteiger partial charge in [0, 0.05) is 5.56 Å². The van der Waals surface area contributed by atoms with E-state index in [1.54, 1.807) is 48.5 Å². The van der Waals surface area contributed by atoms with Crippen LogP contribution in [0.5, 0.6) is 5.75 Å². The molecule has 3 N–H and O–H groups in total. The van der Waals surface area contributed by atoms with E-state index in [0.717, 1.165) is 6.42 Å². The van der Waals surface area contributed by atoms with Gasteiger partial charge >= 0.3 is 0 Å². The molecule has 0 heterocycles. The fourth-order valence-corrected chi connectivity index (χ4v) is 2.54. The molecular formula is C20H22ClN3O3S. The number of ether oxygens (including phenoxy) is 1. The maximum Gasteiger partial charge on any atom is 0.271 e. The van der Waals surface area contributed by atoms with Crippen molar-refractivity contribution < 1.29 is 14.3 Å². The molecule has 0 fully saturated rings. The highest BCUT2D eigenvalue weighted by molar-refractivity contribution is 7.80. The van der Waals surface area contributed by atoms with E-state index in [2.05, 4.69) is 30.0 Å². The minimum Gasteiger partial charge on any atom is -0.494 e. The van der Waals surface area contributed by atoms with Crippen LogP contribution in [0.25, 0.3) is 0 Å². The minimum absolute atomic E-state index is 0.0449. The van der Waals surface area contributed by atoms with Crippen molar-refractivity contribution in [2.45, 2.75) is 20.3 Å². The fourth-order valence-electron chi connectivity index (χ4n) is 2.17. The van der Waals surface area contributed by atoms with Gasteiger partial charge in [-0.05, 0) is 54.9 Å². The zero-order chi connectivity index (χ0) is 20.5. The second-order valence-corrected chi connectivity index (χ2v) is 7.22. The van der Waals surface area contributed by atoms with Crippen LogP contribution in [-0.2, 0) is 0 Å². The normalized spacial score (nSPS) is 10.3. The zero-order valence-electron chi connectivity index (χ0n) is 15.6. The van der Waals surface area contributed by atoms with Crippen molar-refractivity contribution in [1.29, 1.82) is 0 Å². The van der Waals surface area contributed by atoms with E-state index in [9.17, 15) is 9.59 Å².